The molecule has 27 heavy (non-hydrogen) atoms. The van der Waals surface area contributed by atoms with Crippen LogP contribution >= 0.6 is 0 Å². The Bertz CT molecular complexity index is 298. The monoisotopic (exact) mass is 386 g/mol. The maximum atomic E-state index is 10.9. The molecular weight excluding hydrogens is 336 g/mol. The van der Waals surface area contributed by atoms with Crippen LogP contribution in [0.2, 0.25) is 0 Å². The fraction of sp³-hybridized carbons (Fsp3) is 0.957. The molecule has 0 spiro atoms. The molecule has 0 amide bonds. The molecule has 164 valence electrons. The fourth-order valence-electron chi connectivity index (χ4n) is 3.41. The summed E-state index contributed by atoms with van der Waals surface area (Å²) in [5.41, 5.74) is 0. The average molecular weight is 387 g/mol. The number of carbonyl (C=O) groups excluding carboxylic acids is 1. The van der Waals surface area contributed by atoms with E-state index in [9.17, 15) is 4.79 Å². The Kier molecular flexibility index (Phi) is 24.8. The SMILES string of the molecule is CCCCCCCCCCCCCCCCCCNC(CC)OC(C)=O.N. The molecule has 0 aromatic rings. The highest BCUT2D eigenvalue weighted by Crippen LogP contribution is 2.13. The standard InChI is InChI=1S/C23H47NO2.H3N/c1-4-6-7-8-9-10-11-12-13-14-15-16-17-18-19-20-21-24-23(5-2)26-22(3)25;/h23-24H,4-21H2,1-3H3;1H3. The predicted octanol–water partition coefficient (Wildman–Crippen LogP) is 7.30. The maximum Gasteiger partial charge on any atom is 0.304 e. The number of hydrogen-bond donors (Lipinski definition) is 2. The van der Waals surface area contributed by atoms with Crippen LogP contribution in [-0.2, 0) is 9.53 Å². The topological polar surface area (TPSA) is 73.3 Å². The molecule has 0 aromatic carbocycles. The quantitative estimate of drug-likeness (QED) is 0.131. The largest absolute Gasteiger partial charge is 0.447 e. The maximum absolute atomic E-state index is 10.9. The van der Waals surface area contributed by atoms with Crippen molar-refractivity contribution in [1.82, 2.24) is 11.5 Å². The van der Waals surface area contributed by atoms with Gasteiger partial charge in [-0.25, -0.2) is 0 Å². The average Bonchev–Trinajstić information content (AvgIpc) is 2.63. The van der Waals surface area contributed by atoms with Crippen LogP contribution in [0.5, 0.6) is 0 Å². The minimum absolute atomic E-state index is 0. The van der Waals surface area contributed by atoms with Crippen molar-refractivity contribution in [2.24, 2.45) is 0 Å². The second-order valence-corrected chi connectivity index (χ2v) is 7.76. The summed E-state index contributed by atoms with van der Waals surface area (Å²) >= 11 is 0. The lowest BCUT2D eigenvalue weighted by molar-refractivity contribution is -0.148. The summed E-state index contributed by atoms with van der Waals surface area (Å²) in [6.07, 6.45) is 23.0. The van der Waals surface area contributed by atoms with Crippen LogP contribution in [0.25, 0.3) is 0 Å². The third kappa shape index (κ3) is 23.4. The number of ether oxygens (including phenoxy) is 1. The smallest absolute Gasteiger partial charge is 0.304 e. The molecule has 0 fully saturated rings. The third-order valence-electron chi connectivity index (χ3n) is 5.08. The highest BCUT2D eigenvalue weighted by atomic mass is 16.6. The van der Waals surface area contributed by atoms with E-state index in [1.165, 1.54) is 110 Å². The number of carbonyl (C=O) groups is 1. The molecule has 0 aliphatic rings. The van der Waals surface area contributed by atoms with Gasteiger partial charge in [-0.3, -0.25) is 10.1 Å². The van der Waals surface area contributed by atoms with Gasteiger partial charge in [0.15, 0.2) is 6.23 Å². The van der Waals surface area contributed by atoms with Crippen molar-refractivity contribution < 1.29 is 9.53 Å². The van der Waals surface area contributed by atoms with Crippen molar-refractivity contribution in [2.45, 2.75) is 136 Å². The molecule has 0 saturated carbocycles. The van der Waals surface area contributed by atoms with Gasteiger partial charge in [-0.1, -0.05) is 110 Å². The third-order valence-corrected chi connectivity index (χ3v) is 5.08. The molecule has 4 heteroatoms. The molecular formula is C23H50N2O2. The normalized spacial score (nSPS) is 11.8. The van der Waals surface area contributed by atoms with Crippen molar-refractivity contribution in [3.63, 3.8) is 0 Å². The van der Waals surface area contributed by atoms with Crippen LogP contribution in [0.3, 0.4) is 0 Å². The van der Waals surface area contributed by atoms with E-state index >= 15 is 0 Å². The van der Waals surface area contributed by atoms with E-state index in [1.54, 1.807) is 0 Å². The molecule has 4 nitrogen and oxygen atoms in total. The van der Waals surface area contributed by atoms with E-state index in [2.05, 4.69) is 12.2 Å². The molecule has 0 heterocycles. The van der Waals surface area contributed by atoms with E-state index in [1.807, 2.05) is 6.92 Å². The highest BCUT2D eigenvalue weighted by Gasteiger charge is 2.07. The lowest BCUT2D eigenvalue weighted by Gasteiger charge is -2.16. The van der Waals surface area contributed by atoms with Crippen molar-refractivity contribution >= 4 is 5.97 Å². The molecule has 0 aliphatic carbocycles. The van der Waals surface area contributed by atoms with Crippen LogP contribution in [-0.4, -0.2) is 18.7 Å². The van der Waals surface area contributed by atoms with Gasteiger partial charge < -0.3 is 10.9 Å². The molecule has 0 radical (unpaired) electrons. The van der Waals surface area contributed by atoms with Gasteiger partial charge in [0.05, 0.1) is 0 Å². The number of esters is 1. The summed E-state index contributed by atoms with van der Waals surface area (Å²) in [4.78, 5) is 10.9. The summed E-state index contributed by atoms with van der Waals surface area (Å²) in [6.45, 7) is 6.74. The number of nitrogens with one attached hydrogen (secondary N) is 1. The summed E-state index contributed by atoms with van der Waals surface area (Å²) in [6, 6.07) is 0. The van der Waals surface area contributed by atoms with Gasteiger partial charge >= 0.3 is 5.97 Å². The van der Waals surface area contributed by atoms with Crippen LogP contribution in [0, 0.1) is 0 Å². The van der Waals surface area contributed by atoms with Gasteiger partial charge in [0.25, 0.3) is 0 Å². The first kappa shape index (κ1) is 28.6. The molecule has 0 aliphatic heterocycles. The first-order valence-electron chi connectivity index (χ1n) is 11.6. The van der Waals surface area contributed by atoms with Gasteiger partial charge in [0, 0.05) is 6.92 Å². The Labute approximate surface area is 170 Å². The Morgan fingerprint density at radius 2 is 1.07 bits per heavy atom. The minimum Gasteiger partial charge on any atom is -0.447 e. The zero-order chi connectivity index (χ0) is 19.3. The zero-order valence-electron chi connectivity index (χ0n) is 18.8. The number of unbranched alkanes of at least 4 members (excludes halogenated alkanes) is 15. The van der Waals surface area contributed by atoms with Crippen molar-refractivity contribution in [1.29, 1.82) is 0 Å². The van der Waals surface area contributed by atoms with Gasteiger partial charge in [-0.05, 0) is 19.4 Å². The predicted molar refractivity (Wildman–Crippen MR) is 118 cm³/mol. The van der Waals surface area contributed by atoms with Crippen LogP contribution in [0.15, 0.2) is 0 Å². The molecule has 0 aromatic heterocycles. The van der Waals surface area contributed by atoms with E-state index < -0.39 is 0 Å². The summed E-state index contributed by atoms with van der Waals surface area (Å²) in [5, 5.41) is 3.31. The molecule has 4 N–H and O–H groups in total. The first-order valence-corrected chi connectivity index (χ1v) is 11.6. The summed E-state index contributed by atoms with van der Waals surface area (Å²) in [7, 11) is 0. The van der Waals surface area contributed by atoms with Crippen molar-refractivity contribution in [3.8, 4) is 0 Å². The Morgan fingerprint density at radius 3 is 1.41 bits per heavy atom. The zero-order valence-corrected chi connectivity index (χ0v) is 18.8. The van der Waals surface area contributed by atoms with Gasteiger partial charge in [0.1, 0.15) is 0 Å². The second-order valence-electron chi connectivity index (χ2n) is 7.76. The van der Waals surface area contributed by atoms with Gasteiger partial charge in [-0.2, -0.15) is 0 Å². The lowest BCUT2D eigenvalue weighted by atomic mass is 10.0. The fourth-order valence-corrected chi connectivity index (χ4v) is 3.41. The van der Waals surface area contributed by atoms with E-state index in [-0.39, 0.29) is 18.3 Å². The second kappa shape index (κ2) is 23.4. The lowest BCUT2D eigenvalue weighted by Crippen LogP contribution is -2.33. The van der Waals surface area contributed by atoms with Gasteiger partial charge in [-0.15, -0.1) is 0 Å². The van der Waals surface area contributed by atoms with E-state index in [0.717, 1.165) is 13.0 Å². The summed E-state index contributed by atoms with van der Waals surface area (Å²) in [5.74, 6) is -0.198. The summed E-state index contributed by atoms with van der Waals surface area (Å²) < 4.78 is 5.18. The Hall–Kier alpha value is -0.610. The molecule has 0 bridgehead atoms. The van der Waals surface area contributed by atoms with Crippen LogP contribution < -0.4 is 11.5 Å². The molecule has 1 unspecified atom stereocenters. The first-order chi connectivity index (χ1) is 12.7. The van der Waals surface area contributed by atoms with Crippen molar-refractivity contribution in [2.75, 3.05) is 6.54 Å². The Balaban J connectivity index is 0. The Morgan fingerprint density at radius 1 is 0.704 bits per heavy atom. The number of hydrogen-bond acceptors (Lipinski definition) is 4. The molecule has 0 rings (SSSR count). The van der Waals surface area contributed by atoms with Crippen molar-refractivity contribution in [3.05, 3.63) is 0 Å². The van der Waals surface area contributed by atoms with E-state index in [4.69, 9.17) is 4.74 Å². The molecule has 0 saturated heterocycles. The van der Waals surface area contributed by atoms with Crippen LogP contribution in [0.1, 0.15) is 130 Å². The minimum atomic E-state index is -0.198. The number of rotatable bonds is 20. The highest BCUT2D eigenvalue weighted by molar-refractivity contribution is 5.66. The van der Waals surface area contributed by atoms with Crippen LogP contribution in [0.4, 0.5) is 0 Å². The molecule has 1 atom stereocenters. The van der Waals surface area contributed by atoms with Gasteiger partial charge in [0.2, 0.25) is 0 Å². The van der Waals surface area contributed by atoms with E-state index in [0.29, 0.717) is 0 Å².